The summed E-state index contributed by atoms with van der Waals surface area (Å²) >= 11 is 6.07. The number of aromatic hydroxyl groups is 1. The molecule has 32 heavy (non-hydrogen) atoms. The van der Waals surface area contributed by atoms with Gasteiger partial charge in [-0.05, 0) is 54.3 Å². The average Bonchev–Trinajstić information content (AvgIpc) is 3.15. The van der Waals surface area contributed by atoms with Crippen LogP contribution in [0.5, 0.6) is 5.75 Å². The van der Waals surface area contributed by atoms with E-state index in [0.717, 1.165) is 12.1 Å². The Bertz CT molecular complexity index is 1240. The maximum absolute atomic E-state index is 14.5. The van der Waals surface area contributed by atoms with Gasteiger partial charge in [0.05, 0.1) is 11.6 Å². The van der Waals surface area contributed by atoms with E-state index >= 15 is 0 Å². The van der Waals surface area contributed by atoms with Crippen molar-refractivity contribution in [1.82, 2.24) is 9.88 Å². The van der Waals surface area contributed by atoms with Crippen LogP contribution >= 0.6 is 11.6 Å². The molecule has 1 aliphatic rings. The van der Waals surface area contributed by atoms with Crippen molar-refractivity contribution in [1.29, 1.82) is 0 Å². The van der Waals surface area contributed by atoms with Crippen molar-refractivity contribution in [3.8, 4) is 5.75 Å². The molecule has 2 aromatic carbocycles. The molecule has 1 atom stereocenters. The van der Waals surface area contributed by atoms with Crippen LogP contribution in [-0.2, 0) is 13.0 Å². The molecule has 0 saturated carbocycles. The molecule has 6 nitrogen and oxygen atoms in total. The molecule has 9 heteroatoms. The van der Waals surface area contributed by atoms with Crippen molar-refractivity contribution in [2.75, 3.05) is 0 Å². The topological polar surface area (TPSA) is 96.5 Å². The third-order valence-corrected chi connectivity index (χ3v) is 5.73. The summed E-state index contributed by atoms with van der Waals surface area (Å²) in [5.41, 5.74) is 6.65. The molecule has 0 saturated heterocycles. The molecule has 1 heterocycles. The first-order valence-electron chi connectivity index (χ1n) is 9.77. The van der Waals surface area contributed by atoms with E-state index in [-0.39, 0.29) is 22.8 Å². The Labute approximate surface area is 187 Å². The number of aromatic nitrogens is 1. The van der Waals surface area contributed by atoms with Gasteiger partial charge in [-0.25, -0.2) is 8.78 Å². The Kier molecular flexibility index (Phi) is 5.80. The molecule has 164 valence electrons. The molecule has 0 unspecified atom stereocenters. The van der Waals surface area contributed by atoms with Crippen LogP contribution in [0.3, 0.4) is 0 Å². The summed E-state index contributed by atoms with van der Waals surface area (Å²) in [7, 11) is 0. The number of hydrogen-bond donors (Lipinski definition) is 2. The van der Waals surface area contributed by atoms with Gasteiger partial charge in [0.25, 0.3) is 11.8 Å². The Morgan fingerprint density at radius 3 is 2.72 bits per heavy atom. The van der Waals surface area contributed by atoms with Gasteiger partial charge in [-0.15, -0.1) is 0 Å². The van der Waals surface area contributed by atoms with Crippen LogP contribution in [0.15, 0.2) is 48.7 Å². The zero-order valence-electron chi connectivity index (χ0n) is 16.7. The fourth-order valence-corrected chi connectivity index (χ4v) is 4.29. The third kappa shape index (κ3) is 4.01. The number of primary amides is 1. The summed E-state index contributed by atoms with van der Waals surface area (Å²) in [6.45, 7) is -0.0972. The van der Waals surface area contributed by atoms with Crippen LogP contribution in [0.4, 0.5) is 8.78 Å². The molecule has 0 fully saturated rings. The number of carbonyl (C=O) groups excluding carboxylic acids is 2. The van der Waals surface area contributed by atoms with Gasteiger partial charge in [-0.3, -0.25) is 14.6 Å². The molecule has 3 N–H and O–H groups in total. The highest BCUT2D eigenvalue weighted by molar-refractivity contribution is 6.30. The zero-order chi connectivity index (χ0) is 23.0. The Morgan fingerprint density at radius 2 is 2.00 bits per heavy atom. The monoisotopic (exact) mass is 457 g/mol. The van der Waals surface area contributed by atoms with Gasteiger partial charge in [0.1, 0.15) is 23.1 Å². The lowest BCUT2D eigenvalue weighted by molar-refractivity contribution is 0.0652. The number of nitrogens with two attached hydrogens (primary N) is 1. The first-order chi connectivity index (χ1) is 15.3. The Hall–Kier alpha value is -3.52. The highest BCUT2D eigenvalue weighted by atomic mass is 35.5. The summed E-state index contributed by atoms with van der Waals surface area (Å²) in [5.74, 6) is -3.09. The van der Waals surface area contributed by atoms with E-state index in [4.69, 9.17) is 17.3 Å². The van der Waals surface area contributed by atoms with Crippen LogP contribution in [0.25, 0.3) is 0 Å². The zero-order valence-corrected chi connectivity index (χ0v) is 17.4. The van der Waals surface area contributed by atoms with Gasteiger partial charge in [0, 0.05) is 29.4 Å². The fraction of sp³-hybridized carbons (Fsp3) is 0.174. The lowest BCUT2D eigenvalue weighted by Gasteiger charge is -2.31. The number of halogens is 3. The van der Waals surface area contributed by atoms with Gasteiger partial charge < -0.3 is 15.7 Å². The van der Waals surface area contributed by atoms with Crippen molar-refractivity contribution in [2.45, 2.75) is 25.4 Å². The van der Waals surface area contributed by atoms with E-state index in [2.05, 4.69) is 4.98 Å². The van der Waals surface area contributed by atoms with E-state index < -0.39 is 35.2 Å². The minimum atomic E-state index is -0.765. The van der Waals surface area contributed by atoms with Crippen molar-refractivity contribution >= 4 is 23.4 Å². The van der Waals surface area contributed by atoms with Crippen LogP contribution < -0.4 is 5.73 Å². The number of amides is 2. The lowest BCUT2D eigenvalue weighted by Crippen LogP contribution is -2.34. The second-order valence-corrected chi connectivity index (χ2v) is 7.92. The first kappa shape index (κ1) is 21.7. The normalized spacial score (nSPS) is 14.8. The average molecular weight is 458 g/mol. The summed E-state index contributed by atoms with van der Waals surface area (Å²) in [5, 5.41) is 10.4. The quantitative estimate of drug-likeness (QED) is 0.601. The van der Waals surface area contributed by atoms with Crippen molar-refractivity contribution < 1.29 is 23.5 Å². The van der Waals surface area contributed by atoms with Gasteiger partial charge in [-0.2, -0.15) is 0 Å². The number of carbonyl (C=O) groups is 2. The summed E-state index contributed by atoms with van der Waals surface area (Å²) in [6.07, 6.45) is 2.17. The molecular formula is C23H18ClF2N3O3. The van der Waals surface area contributed by atoms with Crippen LogP contribution in [-0.4, -0.2) is 26.8 Å². The molecule has 0 radical (unpaired) electrons. The fourth-order valence-electron chi connectivity index (χ4n) is 4.08. The third-order valence-electron chi connectivity index (χ3n) is 5.51. The predicted octanol–water partition coefficient (Wildman–Crippen LogP) is 4.15. The lowest BCUT2D eigenvalue weighted by atomic mass is 10.0. The molecule has 1 aliphatic carbocycles. The van der Waals surface area contributed by atoms with Crippen molar-refractivity contribution in [3.05, 3.63) is 93.3 Å². The van der Waals surface area contributed by atoms with E-state index in [0.29, 0.717) is 29.5 Å². The smallest absolute Gasteiger partial charge is 0.267 e. The molecule has 1 aromatic heterocycles. The maximum atomic E-state index is 14.5. The standard InChI is InChI=1S/C23H18ClF2N3O3/c24-13-8-17-15(18(26)9-13)5-6-19(17)29(11-12-2-1-7-28-21(12)22(27)31)23(32)16-4-3-14(25)10-20(16)30/h1-4,7-10,19,30H,5-6,11H2,(H2,27,31)/t19-/m1/s1. The van der Waals surface area contributed by atoms with Crippen LogP contribution in [0, 0.1) is 11.6 Å². The SMILES string of the molecule is NC(=O)c1ncccc1CN(C(=O)c1ccc(F)cc1O)[C@@H]1CCc2c(F)cc(Cl)cc21. The number of phenols is 1. The van der Waals surface area contributed by atoms with Gasteiger partial charge in [0.2, 0.25) is 0 Å². The summed E-state index contributed by atoms with van der Waals surface area (Å²) in [4.78, 5) is 30.7. The number of pyridine rings is 1. The predicted molar refractivity (Wildman–Crippen MR) is 113 cm³/mol. The first-order valence-corrected chi connectivity index (χ1v) is 10.1. The molecule has 2 amide bonds. The van der Waals surface area contributed by atoms with E-state index in [1.165, 1.54) is 23.2 Å². The Balaban J connectivity index is 1.82. The number of phenolic OH excluding ortho intramolecular Hbond substituents is 1. The van der Waals surface area contributed by atoms with Crippen LogP contribution in [0.1, 0.15) is 50.0 Å². The number of benzene rings is 2. The minimum Gasteiger partial charge on any atom is -0.507 e. The van der Waals surface area contributed by atoms with Crippen molar-refractivity contribution in [3.63, 3.8) is 0 Å². The summed E-state index contributed by atoms with van der Waals surface area (Å²) < 4.78 is 28.0. The maximum Gasteiger partial charge on any atom is 0.267 e. The highest BCUT2D eigenvalue weighted by Gasteiger charge is 2.35. The second kappa shape index (κ2) is 8.55. The minimum absolute atomic E-state index is 0.0101. The Morgan fingerprint density at radius 1 is 1.22 bits per heavy atom. The number of hydrogen-bond acceptors (Lipinski definition) is 4. The molecule has 3 aromatic rings. The summed E-state index contributed by atoms with van der Waals surface area (Å²) in [6, 6.07) is 8.48. The largest absolute Gasteiger partial charge is 0.507 e. The van der Waals surface area contributed by atoms with Crippen molar-refractivity contribution in [2.24, 2.45) is 5.73 Å². The van der Waals surface area contributed by atoms with Crippen LogP contribution in [0.2, 0.25) is 5.02 Å². The van der Waals surface area contributed by atoms with E-state index in [1.807, 2.05) is 0 Å². The number of nitrogens with zero attached hydrogens (tertiary/aromatic N) is 2. The molecule has 4 rings (SSSR count). The van der Waals surface area contributed by atoms with E-state index in [1.54, 1.807) is 18.2 Å². The number of fused-ring (bicyclic) bond motifs is 1. The van der Waals surface area contributed by atoms with Gasteiger partial charge >= 0.3 is 0 Å². The van der Waals surface area contributed by atoms with E-state index in [9.17, 15) is 23.5 Å². The highest BCUT2D eigenvalue weighted by Crippen LogP contribution is 2.40. The van der Waals surface area contributed by atoms with Gasteiger partial charge in [0.15, 0.2) is 0 Å². The second-order valence-electron chi connectivity index (χ2n) is 7.48. The molecule has 0 aliphatic heterocycles. The number of rotatable bonds is 5. The molecule has 0 spiro atoms. The molecular weight excluding hydrogens is 440 g/mol. The van der Waals surface area contributed by atoms with Gasteiger partial charge in [-0.1, -0.05) is 17.7 Å². The molecule has 0 bridgehead atoms.